The van der Waals surface area contributed by atoms with Crippen molar-refractivity contribution < 1.29 is 4.74 Å². The molecule has 1 heterocycles. The molecule has 4 heteroatoms. The number of hydrazine groups is 1. The molecule has 2 aromatic rings. The topological polar surface area (TPSA) is 60.2 Å². The second-order valence-corrected chi connectivity index (χ2v) is 5.33. The molecule has 102 valence electrons. The standard InChI is InChI=1S/C15H21N3O/c1-15(2,19-3)9-14(18-16)13-6-4-5-11-10-17-8-7-12(11)13/h4-8,10,14,18H,9,16H2,1-3H3. The van der Waals surface area contributed by atoms with E-state index in [1.54, 1.807) is 13.3 Å². The molecule has 4 nitrogen and oxygen atoms in total. The first-order chi connectivity index (χ1) is 9.07. The lowest BCUT2D eigenvalue weighted by Crippen LogP contribution is -2.35. The van der Waals surface area contributed by atoms with Crippen LogP contribution < -0.4 is 11.3 Å². The van der Waals surface area contributed by atoms with Crippen LogP contribution in [0.25, 0.3) is 10.8 Å². The lowest BCUT2D eigenvalue weighted by Gasteiger charge is -2.29. The Hall–Kier alpha value is -1.49. The largest absolute Gasteiger partial charge is 0.379 e. The van der Waals surface area contributed by atoms with Crippen LogP contribution in [0, 0.1) is 0 Å². The van der Waals surface area contributed by atoms with Crippen LogP contribution in [0.5, 0.6) is 0 Å². The molecule has 1 atom stereocenters. The number of nitrogens with one attached hydrogen (secondary N) is 1. The van der Waals surface area contributed by atoms with Gasteiger partial charge in [-0.2, -0.15) is 0 Å². The number of pyridine rings is 1. The zero-order valence-electron chi connectivity index (χ0n) is 11.7. The van der Waals surface area contributed by atoms with E-state index in [1.165, 1.54) is 10.9 Å². The van der Waals surface area contributed by atoms with Crippen LogP contribution in [-0.4, -0.2) is 17.7 Å². The molecule has 1 unspecified atom stereocenters. The van der Waals surface area contributed by atoms with E-state index in [1.807, 2.05) is 18.3 Å². The number of hydrogen-bond donors (Lipinski definition) is 2. The Morgan fingerprint density at radius 2 is 2.16 bits per heavy atom. The molecule has 0 amide bonds. The molecule has 3 N–H and O–H groups in total. The lowest BCUT2D eigenvalue weighted by atomic mass is 9.91. The number of rotatable bonds is 5. The molecule has 1 aromatic carbocycles. The highest BCUT2D eigenvalue weighted by Crippen LogP contribution is 2.30. The van der Waals surface area contributed by atoms with Gasteiger partial charge in [0.05, 0.1) is 5.60 Å². The van der Waals surface area contributed by atoms with Gasteiger partial charge in [0.1, 0.15) is 0 Å². The minimum absolute atomic E-state index is 0.0426. The Morgan fingerprint density at radius 3 is 2.84 bits per heavy atom. The fraction of sp³-hybridized carbons (Fsp3) is 0.400. The zero-order chi connectivity index (χ0) is 13.9. The van der Waals surface area contributed by atoms with Crippen LogP contribution in [0.3, 0.4) is 0 Å². The van der Waals surface area contributed by atoms with Crippen molar-refractivity contribution in [2.24, 2.45) is 5.84 Å². The maximum Gasteiger partial charge on any atom is 0.0641 e. The molecule has 0 aliphatic carbocycles. The van der Waals surface area contributed by atoms with E-state index >= 15 is 0 Å². The highest BCUT2D eigenvalue weighted by molar-refractivity contribution is 5.85. The van der Waals surface area contributed by atoms with E-state index in [0.29, 0.717) is 0 Å². The molecular formula is C15H21N3O. The molecule has 0 aliphatic heterocycles. The zero-order valence-corrected chi connectivity index (χ0v) is 11.7. The van der Waals surface area contributed by atoms with Crippen LogP contribution in [0.4, 0.5) is 0 Å². The van der Waals surface area contributed by atoms with Crippen molar-refractivity contribution in [3.05, 3.63) is 42.2 Å². The summed E-state index contributed by atoms with van der Waals surface area (Å²) in [5.41, 5.74) is 3.84. The summed E-state index contributed by atoms with van der Waals surface area (Å²) in [5.74, 6) is 5.74. The number of fused-ring (bicyclic) bond motifs is 1. The highest BCUT2D eigenvalue weighted by atomic mass is 16.5. The van der Waals surface area contributed by atoms with Crippen molar-refractivity contribution in [2.75, 3.05) is 7.11 Å². The van der Waals surface area contributed by atoms with Gasteiger partial charge in [-0.15, -0.1) is 0 Å². The summed E-state index contributed by atoms with van der Waals surface area (Å²) in [4.78, 5) is 4.15. The normalized spacial score (nSPS) is 13.7. The van der Waals surface area contributed by atoms with E-state index in [4.69, 9.17) is 10.6 Å². The van der Waals surface area contributed by atoms with Crippen molar-refractivity contribution >= 4 is 10.8 Å². The van der Waals surface area contributed by atoms with Crippen molar-refractivity contribution in [1.82, 2.24) is 10.4 Å². The van der Waals surface area contributed by atoms with Gasteiger partial charge in [-0.25, -0.2) is 0 Å². The smallest absolute Gasteiger partial charge is 0.0641 e. The Balaban J connectivity index is 2.41. The first-order valence-electron chi connectivity index (χ1n) is 6.41. The molecule has 0 fully saturated rings. The number of nitrogens with zero attached hydrogens (tertiary/aromatic N) is 1. The van der Waals surface area contributed by atoms with Crippen LogP contribution in [0.2, 0.25) is 0 Å². The van der Waals surface area contributed by atoms with Crippen molar-refractivity contribution in [2.45, 2.75) is 31.9 Å². The number of benzene rings is 1. The second-order valence-electron chi connectivity index (χ2n) is 5.33. The SMILES string of the molecule is COC(C)(C)CC(NN)c1cccc2cnccc12. The summed E-state index contributed by atoms with van der Waals surface area (Å²) in [6.07, 6.45) is 4.47. The fourth-order valence-corrected chi connectivity index (χ4v) is 2.29. The number of ether oxygens (including phenoxy) is 1. The molecule has 0 bridgehead atoms. The predicted molar refractivity (Wildman–Crippen MR) is 77.5 cm³/mol. The first kappa shape index (κ1) is 13.9. The van der Waals surface area contributed by atoms with Gasteiger partial charge in [-0.1, -0.05) is 18.2 Å². The molecule has 0 saturated carbocycles. The minimum Gasteiger partial charge on any atom is -0.379 e. The molecule has 19 heavy (non-hydrogen) atoms. The number of nitrogens with two attached hydrogens (primary N) is 1. The fourth-order valence-electron chi connectivity index (χ4n) is 2.29. The summed E-state index contributed by atoms with van der Waals surface area (Å²) < 4.78 is 5.50. The maximum absolute atomic E-state index is 5.74. The van der Waals surface area contributed by atoms with Gasteiger partial charge < -0.3 is 4.74 Å². The van der Waals surface area contributed by atoms with Crippen molar-refractivity contribution in [3.63, 3.8) is 0 Å². The van der Waals surface area contributed by atoms with Gasteiger partial charge in [0.15, 0.2) is 0 Å². The average Bonchev–Trinajstić information content (AvgIpc) is 2.44. The molecule has 1 aromatic heterocycles. The summed E-state index contributed by atoms with van der Waals surface area (Å²) in [6, 6.07) is 8.25. The molecule has 2 rings (SSSR count). The Kier molecular flexibility index (Phi) is 4.14. The summed E-state index contributed by atoms with van der Waals surface area (Å²) in [7, 11) is 1.72. The molecule has 0 saturated heterocycles. The van der Waals surface area contributed by atoms with Gasteiger partial charge in [-0.05, 0) is 37.3 Å². The molecule has 0 radical (unpaired) electrons. The van der Waals surface area contributed by atoms with Crippen LogP contribution in [0.15, 0.2) is 36.7 Å². The highest BCUT2D eigenvalue weighted by Gasteiger charge is 2.24. The quantitative estimate of drug-likeness (QED) is 0.640. The number of hydrogen-bond acceptors (Lipinski definition) is 4. The van der Waals surface area contributed by atoms with Gasteiger partial charge >= 0.3 is 0 Å². The van der Waals surface area contributed by atoms with Crippen LogP contribution in [0.1, 0.15) is 31.9 Å². The third-order valence-electron chi connectivity index (χ3n) is 3.54. The number of methoxy groups -OCH3 is 1. The van der Waals surface area contributed by atoms with Crippen LogP contribution >= 0.6 is 0 Å². The van der Waals surface area contributed by atoms with Gasteiger partial charge in [0.2, 0.25) is 0 Å². The number of aromatic nitrogens is 1. The molecular weight excluding hydrogens is 238 g/mol. The van der Waals surface area contributed by atoms with E-state index in [2.05, 4.69) is 36.4 Å². The Morgan fingerprint density at radius 1 is 1.37 bits per heavy atom. The lowest BCUT2D eigenvalue weighted by molar-refractivity contribution is 0.00693. The van der Waals surface area contributed by atoms with E-state index in [0.717, 1.165) is 11.8 Å². The van der Waals surface area contributed by atoms with E-state index in [9.17, 15) is 0 Å². The Labute approximate surface area is 113 Å². The summed E-state index contributed by atoms with van der Waals surface area (Å²) in [6.45, 7) is 4.12. The van der Waals surface area contributed by atoms with Crippen molar-refractivity contribution in [3.8, 4) is 0 Å². The van der Waals surface area contributed by atoms with Gasteiger partial charge in [0.25, 0.3) is 0 Å². The van der Waals surface area contributed by atoms with Gasteiger partial charge in [-0.3, -0.25) is 16.3 Å². The van der Waals surface area contributed by atoms with E-state index in [-0.39, 0.29) is 11.6 Å². The predicted octanol–water partition coefficient (Wildman–Crippen LogP) is 2.55. The summed E-state index contributed by atoms with van der Waals surface area (Å²) in [5, 5.41) is 2.29. The van der Waals surface area contributed by atoms with Crippen molar-refractivity contribution in [1.29, 1.82) is 0 Å². The van der Waals surface area contributed by atoms with Gasteiger partial charge in [0, 0.05) is 30.9 Å². The maximum atomic E-state index is 5.74. The molecule has 0 aliphatic rings. The third-order valence-corrected chi connectivity index (χ3v) is 3.54. The first-order valence-corrected chi connectivity index (χ1v) is 6.41. The monoisotopic (exact) mass is 259 g/mol. The second kappa shape index (κ2) is 5.65. The minimum atomic E-state index is -0.230. The molecule has 0 spiro atoms. The Bertz CT molecular complexity index is 549. The van der Waals surface area contributed by atoms with Crippen LogP contribution in [-0.2, 0) is 4.74 Å². The van der Waals surface area contributed by atoms with E-state index < -0.39 is 0 Å². The third kappa shape index (κ3) is 3.10. The average molecular weight is 259 g/mol. The summed E-state index contributed by atoms with van der Waals surface area (Å²) >= 11 is 0.